The minimum Gasteiger partial charge on any atom is -0.314 e. The van der Waals surface area contributed by atoms with Crippen LogP contribution in [0.3, 0.4) is 0 Å². The second kappa shape index (κ2) is 6.48. The Balaban J connectivity index is 2.06. The maximum Gasteiger partial charge on any atom is 0.0451 e. The molecular weight excluding hydrogens is 310 g/mol. The molecule has 1 N–H and O–H groups in total. The standard InChI is InChI=1S/C13H22BrN3S/c1-16(2)12(13-6-10(14)9-18-13)7-11-8-15-4-5-17(11)3/h6,9,11-12,15H,4-5,7-8H2,1-3H3. The lowest BCUT2D eigenvalue weighted by molar-refractivity contribution is 0.151. The van der Waals surface area contributed by atoms with Crippen molar-refractivity contribution >= 4 is 27.3 Å². The molecule has 0 aliphatic carbocycles. The third-order valence-corrected chi connectivity index (χ3v) is 5.47. The Morgan fingerprint density at radius 3 is 2.94 bits per heavy atom. The van der Waals surface area contributed by atoms with Gasteiger partial charge in [-0.3, -0.25) is 0 Å². The molecule has 2 rings (SSSR count). The minimum absolute atomic E-state index is 0.508. The van der Waals surface area contributed by atoms with Crippen molar-refractivity contribution in [1.82, 2.24) is 15.1 Å². The first-order chi connectivity index (χ1) is 8.58. The van der Waals surface area contributed by atoms with Gasteiger partial charge in [0.1, 0.15) is 0 Å². The molecule has 1 aliphatic heterocycles. The monoisotopic (exact) mass is 331 g/mol. The van der Waals surface area contributed by atoms with E-state index in [1.807, 2.05) is 11.3 Å². The molecule has 1 aromatic rings. The Bertz CT molecular complexity index is 380. The van der Waals surface area contributed by atoms with Crippen molar-refractivity contribution in [2.75, 3.05) is 40.8 Å². The van der Waals surface area contributed by atoms with Gasteiger partial charge in [0.25, 0.3) is 0 Å². The van der Waals surface area contributed by atoms with Crippen LogP contribution in [-0.4, -0.2) is 56.6 Å². The first-order valence-corrected chi connectivity index (χ1v) is 8.06. The summed E-state index contributed by atoms with van der Waals surface area (Å²) in [7, 11) is 6.59. The van der Waals surface area contributed by atoms with E-state index in [1.165, 1.54) is 15.8 Å². The maximum atomic E-state index is 3.56. The number of piperazine rings is 1. The first-order valence-electron chi connectivity index (χ1n) is 6.39. The van der Waals surface area contributed by atoms with Crippen LogP contribution in [0.15, 0.2) is 15.9 Å². The molecule has 1 aliphatic rings. The Morgan fingerprint density at radius 1 is 1.61 bits per heavy atom. The van der Waals surface area contributed by atoms with Gasteiger partial charge >= 0.3 is 0 Å². The van der Waals surface area contributed by atoms with Crippen LogP contribution in [0.2, 0.25) is 0 Å². The fourth-order valence-corrected chi connectivity index (χ4v) is 4.12. The number of hydrogen-bond donors (Lipinski definition) is 1. The van der Waals surface area contributed by atoms with Gasteiger partial charge in [0, 0.05) is 46.4 Å². The smallest absolute Gasteiger partial charge is 0.0451 e. The third kappa shape index (κ3) is 3.54. The van der Waals surface area contributed by atoms with Crippen molar-refractivity contribution in [3.8, 4) is 0 Å². The zero-order valence-corrected chi connectivity index (χ0v) is 13.7. The van der Waals surface area contributed by atoms with E-state index in [9.17, 15) is 0 Å². The molecule has 3 nitrogen and oxygen atoms in total. The van der Waals surface area contributed by atoms with Gasteiger partial charge in [-0.25, -0.2) is 0 Å². The molecule has 0 radical (unpaired) electrons. The SMILES string of the molecule is CN(C)C(CC1CNCCN1C)c1cc(Br)cs1. The Hall–Kier alpha value is 0.0600. The number of rotatable bonds is 4. The summed E-state index contributed by atoms with van der Waals surface area (Å²) in [6.45, 7) is 3.37. The molecule has 0 bridgehead atoms. The second-order valence-corrected chi connectivity index (χ2v) is 7.08. The number of nitrogens with zero attached hydrogens (tertiary/aromatic N) is 2. The highest BCUT2D eigenvalue weighted by Crippen LogP contribution is 2.32. The molecule has 1 saturated heterocycles. The van der Waals surface area contributed by atoms with Crippen LogP contribution in [0.5, 0.6) is 0 Å². The summed E-state index contributed by atoms with van der Waals surface area (Å²) in [5.74, 6) is 0. The summed E-state index contributed by atoms with van der Waals surface area (Å²) in [6.07, 6.45) is 1.18. The van der Waals surface area contributed by atoms with E-state index in [2.05, 4.69) is 63.6 Å². The molecule has 0 spiro atoms. The quantitative estimate of drug-likeness (QED) is 0.914. The predicted octanol–water partition coefficient (Wildman–Crippen LogP) is 2.41. The van der Waals surface area contributed by atoms with Gasteiger partial charge < -0.3 is 15.1 Å². The van der Waals surface area contributed by atoms with E-state index in [1.54, 1.807) is 0 Å². The Kier molecular flexibility index (Phi) is 5.21. The number of likely N-dealkylation sites (N-methyl/N-ethyl adjacent to an activating group) is 1. The summed E-state index contributed by atoms with van der Waals surface area (Å²) in [6, 6.07) is 3.40. The molecule has 1 fully saturated rings. The van der Waals surface area contributed by atoms with Gasteiger partial charge in [0.15, 0.2) is 0 Å². The van der Waals surface area contributed by atoms with Crippen molar-refractivity contribution in [2.24, 2.45) is 0 Å². The van der Waals surface area contributed by atoms with Gasteiger partial charge in [-0.05, 0) is 49.6 Å². The van der Waals surface area contributed by atoms with E-state index in [0.717, 1.165) is 19.6 Å². The summed E-state index contributed by atoms with van der Waals surface area (Å²) in [5.41, 5.74) is 0. The van der Waals surface area contributed by atoms with E-state index >= 15 is 0 Å². The molecule has 2 heterocycles. The molecule has 18 heavy (non-hydrogen) atoms. The molecular formula is C13H22BrN3S. The lowest BCUT2D eigenvalue weighted by Gasteiger charge is -2.36. The van der Waals surface area contributed by atoms with Crippen molar-refractivity contribution in [3.63, 3.8) is 0 Å². The molecule has 2 unspecified atom stereocenters. The average molecular weight is 332 g/mol. The van der Waals surface area contributed by atoms with Gasteiger partial charge in [0.2, 0.25) is 0 Å². The number of hydrogen-bond acceptors (Lipinski definition) is 4. The minimum atomic E-state index is 0.508. The number of nitrogens with one attached hydrogen (secondary N) is 1. The molecule has 5 heteroatoms. The van der Waals surface area contributed by atoms with Crippen LogP contribution in [-0.2, 0) is 0 Å². The fraction of sp³-hybridized carbons (Fsp3) is 0.692. The van der Waals surface area contributed by atoms with Crippen LogP contribution in [0.25, 0.3) is 0 Å². The van der Waals surface area contributed by atoms with E-state index in [0.29, 0.717) is 12.1 Å². The summed E-state index contributed by atoms with van der Waals surface area (Å²) >= 11 is 5.40. The molecule has 102 valence electrons. The third-order valence-electron chi connectivity index (χ3n) is 3.68. The summed E-state index contributed by atoms with van der Waals surface area (Å²) in [4.78, 5) is 6.27. The normalized spacial score (nSPS) is 23.5. The lowest BCUT2D eigenvalue weighted by atomic mass is 10.0. The van der Waals surface area contributed by atoms with Gasteiger partial charge in [-0.2, -0.15) is 0 Å². The molecule has 0 aromatic carbocycles. The number of halogens is 1. The van der Waals surface area contributed by atoms with E-state index in [4.69, 9.17) is 0 Å². The van der Waals surface area contributed by atoms with E-state index in [-0.39, 0.29) is 0 Å². The highest BCUT2D eigenvalue weighted by Gasteiger charge is 2.25. The van der Waals surface area contributed by atoms with Crippen LogP contribution < -0.4 is 5.32 Å². The highest BCUT2D eigenvalue weighted by atomic mass is 79.9. The highest BCUT2D eigenvalue weighted by molar-refractivity contribution is 9.10. The van der Waals surface area contributed by atoms with Crippen LogP contribution in [0, 0.1) is 0 Å². The number of thiophene rings is 1. The van der Waals surface area contributed by atoms with Crippen molar-refractivity contribution in [2.45, 2.75) is 18.5 Å². The van der Waals surface area contributed by atoms with Crippen molar-refractivity contribution in [1.29, 1.82) is 0 Å². The predicted molar refractivity (Wildman–Crippen MR) is 82.4 cm³/mol. The molecule has 0 amide bonds. The van der Waals surface area contributed by atoms with Crippen LogP contribution in [0.1, 0.15) is 17.3 Å². The Morgan fingerprint density at radius 2 is 2.39 bits per heavy atom. The molecule has 1 aromatic heterocycles. The summed E-state index contributed by atoms with van der Waals surface area (Å²) < 4.78 is 1.20. The molecule has 2 atom stereocenters. The fourth-order valence-electron chi connectivity index (χ4n) is 2.47. The van der Waals surface area contributed by atoms with Crippen molar-refractivity contribution < 1.29 is 0 Å². The first kappa shape index (κ1) is 14.5. The summed E-state index contributed by atoms with van der Waals surface area (Å²) in [5, 5.41) is 5.68. The van der Waals surface area contributed by atoms with Gasteiger partial charge in [0.05, 0.1) is 0 Å². The van der Waals surface area contributed by atoms with Gasteiger partial charge in [-0.15, -0.1) is 11.3 Å². The average Bonchev–Trinajstić information content (AvgIpc) is 2.74. The second-order valence-electron chi connectivity index (χ2n) is 5.22. The molecule has 0 saturated carbocycles. The van der Waals surface area contributed by atoms with Crippen LogP contribution >= 0.6 is 27.3 Å². The van der Waals surface area contributed by atoms with Crippen LogP contribution in [0.4, 0.5) is 0 Å². The zero-order valence-electron chi connectivity index (χ0n) is 11.3. The van der Waals surface area contributed by atoms with Gasteiger partial charge in [-0.1, -0.05) is 0 Å². The largest absolute Gasteiger partial charge is 0.314 e. The maximum absolute atomic E-state index is 3.56. The van der Waals surface area contributed by atoms with E-state index < -0.39 is 0 Å². The zero-order chi connectivity index (χ0) is 13.1. The lowest BCUT2D eigenvalue weighted by Crippen LogP contribution is -2.50. The Labute approximate surface area is 122 Å². The van der Waals surface area contributed by atoms with Crippen molar-refractivity contribution in [3.05, 3.63) is 20.8 Å². The topological polar surface area (TPSA) is 18.5 Å².